The third kappa shape index (κ3) is 2.99. The van der Waals surface area contributed by atoms with E-state index in [1.807, 2.05) is 36.4 Å². The van der Waals surface area contributed by atoms with Crippen LogP contribution in [0.1, 0.15) is 20.3 Å². The fraction of sp³-hybridized carbons (Fsp3) is 0.438. The second-order valence-electron chi connectivity index (χ2n) is 5.97. The molecule has 2 aliphatic rings. The molecule has 2 heterocycles. The average molecular weight is 351 g/mol. The molecule has 7 nitrogen and oxygen atoms in total. The summed E-state index contributed by atoms with van der Waals surface area (Å²) in [5.74, 6) is -2.10. The van der Waals surface area contributed by atoms with Gasteiger partial charge in [-0.15, -0.1) is 11.8 Å². The summed E-state index contributed by atoms with van der Waals surface area (Å²) >= 11 is 1.38. The van der Waals surface area contributed by atoms with Crippen molar-refractivity contribution in [3.05, 3.63) is 36.4 Å². The minimum absolute atomic E-state index is 0.193. The van der Waals surface area contributed by atoms with Crippen LogP contribution >= 0.6 is 11.8 Å². The highest BCUT2D eigenvalue weighted by atomic mass is 32.2. The molecule has 0 radical (unpaired) electrons. The van der Waals surface area contributed by atoms with Gasteiger partial charge in [-0.05, 0) is 13.8 Å². The molecule has 1 aromatic rings. The summed E-state index contributed by atoms with van der Waals surface area (Å²) in [6.07, 6.45) is 0.307. The van der Waals surface area contributed by atoms with Crippen LogP contribution in [0.15, 0.2) is 36.4 Å². The number of thioether (sulfide) groups is 1. The van der Waals surface area contributed by atoms with Gasteiger partial charge >= 0.3 is 5.97 Å². The molecular weight excluding hydrogens is 330 g/mol. The molecule has 130 valence electrons. The predicted molar refractivity (Wildman–Crippen MR) is 90.9 cm³/mol. The Bertz CT molecular complexity index is 611. The number of hydrogen-bond donors (Lipinski definition) is 3. The standard InChI is InChI=1S/C10H15N3O4S.C6H6/c1-9(2)10(8(16)17,12-5(14)4-11)13-6(15)3-7(13)18-9;1-2-4-6-5-3-1/h7H,3-4,11H2,1-2H3,(H,12,14)(H,16,17);1-6H/t7-,10?;/m1./s1. The first-order valence-electron chi connectivity index (χ1n) is 7.50. The third-order valence-corrected chi connectivity index (χ3v) is 5.59. The summed E-state index contributed by atoms with van der Waals surface area (Å²) in [6.45, 7) is 3.09. The topological polar surface area (TPSA) is 113 Å². The molecule has 24 heavy (non-hydrogen) atoms. The van der Waals surface area contributed by atoms with E-state index in [4.69, 9.17) is 5.73 Å². The largest absolute Gasteiger partial charge is 0.478 e. The lowest BCUT2D eigenvalue weighted by Crippen LogP contribution is -2.75. The molecule has 0 spiro atoms. The van der Waals surface area contributed by atoms with Crippen LogP contribution in [-0.4, -0.2) is 50.1 Å². The Hall–Kier alpha value is -2.06. The van der Waals surface area contributed by atoms with Gasteiger partial charge in [0.2, 0.25) is 17.5 Å². The van der Waals surface area contributed by atoms with Gasteiger partial charge in [-0.3, -0.25) is 14.5 Å². The summed E-state index contributed by atoms with van der Waals surface area (Å²) in [7, 11) is 0. The normalized spacial score (nSPS) is 26.5. The highest BCUT2D eigenvalue weighted by Gasteiger charge is 2.70. The number of nitrogens with two attached hydrogens (primary N) is 1. The van der Waals surface area contributed by atoms with Gasteiger partial charge in [-0.2, -0.15) is 0 Å². The molecule has 1 unspecified atom stereocenters. The van der Waals surface area contributed by atoms with Crippen molar-refractivity contribution >= 4 is 29.5 Å². The number of benzene rings is 1. The molecule has 1 aromatic carbocycles. The molecule has 0 saturated carbocycles. The number of carbonyl (C=O) groups excluding carboxylic acids is 2. The Morgan fingerprint density at radius 3 is 2.17 bits per heavy atom. The van der Waals surface area contributed by atoms with E-state index in [2.05, 4.69) is 5.32 Å². The summed E-state index contributed by atoms with van der Waals surface area (Å²) in [5, 5.41) is 11.7. The van der Waals surface area contributed by atoms with Crippen molar-refractivity contribution < 1.29 is 19.5 Å². The second kappa shape index (κ2) is 6.82. The maximum Gasteiger partial charge on any atom is 0.352 e. The lowest BCUT2D eigenvalue weighted by Gasteiger charge is -2.46. The van der Waals surface area contributed by atoms with Gasteiger partial charge in [0.15, 0.2) is 0 Å². The summed E-state index contributed by atoms with van der Waals surface area (Å²) in [6, 6.07) is 12.0. The third-order valence-electron chi connectivity index (χ3n) is 4.05. The van der Waals surface area contributed by atoms with Crippen LogP contribution in [0.5, 0.6) is 0 Å². The second-order valence-corrected chi connectivity index (χ2v) is 7.77. The average Bonchev–Trinajstić information content (AvgIpc) is 2.73. The predicted octanol–water partition coefficient (Wildman–Crippen LogP) is 0.613. The first kappa shape index (κ1) is 18.3. The van der Waals surface area contributed by atoms with Crippen molar-refractivity contribution in [3.8, 4) is 0 Å². The number of amides is 2. The minimum Gasteiger partial charge on any atom is -0.478 e. The molecule has 0 aliphatic carbocycles. The zero-order valence-electron chi connectivity index (χ0n) is 13.6. The van der Waals surface area contributed by atoms with Crippen molar-refractivity contribution in [1.29, 1.82) is 0 Å². The number of carboxylic acids is 1. The van der Waals surface area contributed by atoms with Crippen LogP contribution in [0.2, 0.25) is 0 Å². The molecule has 2 saturated heterocycles. The zero-order chi connectivity index (χ0) is 18.0. The van der Waals surface area contributed by atoms with E-state index in [0.29, 0.717) is 6.42 Å². The van der Waals surface area contributed by atoms with E-state index in [9.17, 15) is 19.5 Å². The molecule has 2 aliphatic heterocycles. The first-order chi connectivity index (χ1) is 11.3. The number of hydrogen-bond acceptors (Lipinski definition) is 5. The molecule has 8 heteroatoms. The van der Waals surface area contributed by atoms with Crippen molar-refractivity contribution in [2.24, 2.45) is 5.73 Å². The van der Waals surface area contributed by atoms with Crippen molar-refractivity contribution in [2.75, 3.05) is 6.54 Å². The number of rotatable bonds is 3. The molecule has 0 aromatic heterocycles. The van der Waals surface area contributed by atoms with Gasteiger partial charge in [-0.25, -0.2) is 4.79 Å². The number of nitrogens with zero attached hydrogens (tertiary/aromatic N) is 1. The number of carbonyl (C=O) groups is 3. The van der Waals surface area contributed by atoms with Gasteiger partial charge < -0.3 is 16.2 Å². The van der Waals surface area contributed by atoms with Crippen LogP contribution in [0.25, 0.3) is 0 Å². The lowest BCUT2D eigenvalue weighted by molar-refractivity contribution is -0.173. The number of aliphatic carboxylic acids is 1. The van der Waals surface area contributed by atoms with Crippen molar-refractivity contribution in [3.63, 3.8) is 0 Å². The van der Waals surface area contributed by atoms with Crippen LogP contribution in [0, 0.1) is 0 Å². The number of carboxylic acid groups (broad SMARTS) is 1. The van der Waals surface area contributed by atoms with Crippen LogP contribution < -0.4 is 11.1 Å². The Morgan fingerprint density at radius 2 is 1.79 bits per heavy atom. The van der Waals surface area contributed by atoms with Crippen LogP contribution in [0.4, 0.5) is 0 Å². The zero-order valence-corrected chi connectivity index (χ0v) is 14.4. The maximum atomic E-state index is 11.7. The monoisotopic (exact) mass is 351 g/mol. The van der Waals surface area contributed by atoms with E-state index in [1.54, 1.807) is 13.8 Å². The van der Waals surface area contributed by atoms with Crippen LogP contribution in [0.3, 0.4) is 0 Å². The molecule has 2 amide bonds. The molecule has 0 bridgehead atoms. The minimum atomic E-state index is -1.71. The molecule has 4 N–H and O–H groups in total. The molecule has 2 atom stereocenters. The summed E-state index contributed by atoms with van der Waals surface area (Å²) < 4.78 is -0.819. The fourth-order valence-corrected chi connectivity index (χ4v) is 4.56. The van der Waals surface area contributed by atoms with Gasteiger partial charge in [0, 0.05) is 0 Å². The molecular formula is C16H21N3O4S. The van der Waals surface area contributed by atoms with E-state index in [1.165, 1.54) is 16.7 Å². The van der Waals surface area contributed by atoms with E-state index < -0.39 is 22.3 Å². The van der Waals surface area contributed by atoms with Crippen molar-refractivity contribution in [2.45, 2.75) is 36.1 Å². The molecule has 2 fully saturated rings. The maximum absolute atomic E-state index is 11.7. The van der Waals surface area contributed by atoms with E-state index in [0.717, 1.165) is 0 Å². The Morgan fingerprint density at radius 1 is 1.29 bits per heavy atom. The van der Waals surface area contributed by atoms with E-state index >= 15 is 0 Å². The quantitative estimate of drug-likeness (QED) is 0.688. The highest BCUT2D eigenvalue weighted by Crippen LogP contribution is 2.55. The summed E-state index contributed by atoms with van der Waals surface area (Å²) in [4.78, 5) is 36.1. The lowest BCUT2D eigenvalue weighted by atomic mass is 9.90. The molecule has 3 rings (SSSR count). The van der Waals surface area contributed by atoms with Gasteiger partial charge in [0.25, 0.3) is 0 Å². The first-order valence-corrected chi connectivity index (χ1v) is 8.38. The Kier molecular flexibility index (Phi) is 5.19. The number of fused-ring (bicyclic) bond motifs is 1. The van der Waals surface area contributed by atoms with Gasteiger partial charge in [-0.1, -0.05) is 36.4 Å². The number of nitrogens with one attached hydrogen (secondary N) is 1. The fourth-order valence-electron chi connectivity index (χ4n) is 2.86. The van der Waals surface area contributed by atoms with Crippen molar-refractivity contribution in [1.82, 2.24) is 10.2 Å². The van der Waals surface area contributed by atoms with Crippen LogP contribution in [-0.2, 0) is 14.4 Å². The van der Waals surface area contributed by atoms with Gasteiger partial charge in [0.1, 0.15) is 0 Å². The Balaban J connectivity index is 0.000000292. The SMILES string of the molecule is CC1(C)S[C@@H]2CC(=O)N2C1(NC(=O)CN)C(=O)O.c1ccccc1. The van der Waals surface area contributed by atoms with Gasteiger partial charge in [0.05, 0.1) is 23.1 Å². The summed E-state index contributed by atoms with van der Waals surface area (Å²) in [5.41, 5.74) is 3.50. The number of β-lactam (4-membered cyclic amide) rings is 1. The Labute approximate surface area is 144 Å². The highest BCUT2D eigenvalue weighted by molar-refractivity contribution is 8.01. The smallest absolute Gasteiger partial charge is 0.352 e. The van der Waals surface area contributed by atoms with E-state index in [-0.39, 0.29) is 17.8 Å².